The summed E-state index contributed by atoms with van der Waals surface area (Å²) in [5, 5.41) is 2.79. The number of benzene rings is 2. The van der Waals surface area contributed by atoms with Gasteiger partial charge in [0.25, 0.3) is 0 Å². The van der Waals surface area contributed by atoms with Crippen molar-refractivity contribution < 1.29 is 19.1 Å². The van der Waals surface area contributed by atoms with Gasteiger partial charge < -0.3 is 14.8 Å². The lowest BCUT2D eigenvalue weighted by Gasteiger charge is -2.27. The van der Waals surface area contributed by atoms with Crippen molar-refractivity contribution in [2.45, 2.75) is 26.1 Å². The molecule has 2 aromatic rings. The molecule has 1 atom stereocenters. The molecule has 0 aliphatic carbocycles. The first-order chi connectivity index (χ1) is 13.8. The first-order valence-electron chi connectivity index (χ1n) is 9.58. The highest BCUT2D eigenvalue weighted by molar-refractivity contribution is 8.00. The second-order valence-electron chi connectivity index (χ2n) is 8.08. The number of hydrogen-bond donors (Lipinski definition) is 1. The summed E-state index contributed by atoms with van der Waals surface area (Å²) in [6.07, 6.45) is 0. The van der Waals surface area contributed by atoms with Gasteiger partial charge in [-0.15, -0.1) is 11.8 Å². The maximum Gasteiger partial charge on any atom is 0.238 e. The molecule has 1 N–H and O–H groups in total. The van der Waals surface area contributed by atoms with E-state index in [9.17, 15) is 9.59 Å². The zero-order valence-electron chi connectivity index (χ0n) is 16.7. The van der Waals surface area contributed by atoms with Gasteiger partial charge in [-0.3, -0.25) is 14.5 Å². The standard InChI is InChI=1S/C22H24N2O4S/c1-22(2,3)21(26)23-15-6-4-5-14(11-15)20-24(19(25)13-29-20)16-7-8-17-18(12-16)28-10-9-27-17/h4-8,11-12,20H,9-10,13H2,1-3H3,(H,23,26)/t20-/m1/s1. The Kier molecular flexibility index (Phi) is 5.17. The minimum absolute atomic E-state index is 0.0424. The summed E-state index contributed by atoms with van der Waals surface area (Å²) < 4.78 is 11.3. The van der Waals surface area contributed by atoms with E-state index >= 15 is 0 Å². The quantitative estimate of drug-likeness (QED) is 0.818. The number of anilines is 2. The molecule has 1 saturated heterocycles. The monoisotopic (exact) mass is 412 g/mol. The lowest BCUT2D eigenvalue weighted by atomic mass is 9.95. The first-order valence-corrected chi connectivity index (χ1v) is 10.6. The fraction of sp³-hybridized carbons (Fsp3) is 0.364. The number of hydrogen-bond acceptors (Lipinski definition) is 5. The molecule has 6 nitrogen and oxygen atoms in total. The van der Waals surface area contributed by atoms with Gasteiger partial charge in [-0.2, -0.15) is 0 Å². The molecule has 1 fully saturated rings. The number of thioether (sulfide) groups is 1. The summed E-state index contributed by atoms with van der Waals surface area (Å²) in [6.45, 7) is 6.66. The number of nitrogens with zero attached hydrogens (tertiary/aromatic N) is 1. The van der Waals surface area contributed by atoms with Crippen LogP contribution in [0.1, 0.15) is 31.7 Å². The van der Waals surface area contributed by atoms with Crippen molar-refractivity contribution in [1.29, 1.82) is 0 Å². The van der Waals surface area contributed by atoms with Crippen molar-refractivity contribution in [3.63, 3.8) is 0 Å². The van der Waals surface area contributed by atoms with Gasteiger partial charge in [0.2, 0.25) is 11.8 Å². The normalized spacial score (nSPS) is 18.7. The molecule has 2 aromatic carbocycles. The molecule has 29 heavy (non-hydrogen) atoms. The van der Waals surface area contributed by atoms with Crippen LogP contribution in [0.25, 0.3) is 0 Å². The van der Waals surface area contributed by atoms with Crippen LogP contribution in [0.3, 0.4) is 0 Å². The van der Waals surface area contributed by atoms with Crippen molar-refractivity contribution in [2.24, 2.45) is 5.41 Å². The van der Waals surface area contributed by atoms with Crippen LogP contribution >= 0.6 is 11.8 Å². The van der Waals surface area contributed by atoms with Crippen molar-refractivity contribution in [1.82, 2.24) is 0 Å². The van der Waals surface area contributed by atoms with Crippen LogP contribution in [0.5, 0.6) is 11.5 Å². The predicted octanol–water partition coefficient (Wildman–Crippen LogP) is 4.22. The molecular formula is C22H24N2O4S. The smallest absolute Gasteiger partial charge is 0.238 e. The van der Waals surface area contributed by atoms with Gasteiger partial charge in [0.1, 0.15) is 18.6 Å². The number of amides is 2. The number of fused-ring (bicyclic) bond motifs is 1. The van der Waals surface area contributed by atoms with E-state index in [2.05, 4.69) is 5.32 Å². The zero-order valence-corrected chi connectivity index (χ0v) is 17.5. The molecule has 0 saturated carbocycles. The fourth-order valence-corrected chi connectivity index (χ4v) is 4.39. The molecule has 152 valence electrons. The van der Waals surface area contributed by atoms with Gasteiger partial charge in [-0.25, -0.2) is 0 Å². The van der Waals surface area contributed by atoms with Crippen molar-refractivity contribution in [3.8, 4) is 11.5 Å². The molecule has 0 radical (unpaired) electrons. The third-order valence-electron chi connectivity index (χ3n) is 4.78. The van der Waals surface area contributed by atoms with Crippen molar-refractivity contribution in [2.75, 3.05) is 29.2 Å². The summed E-state index contributed by atoms with van der Waals surface area (Å²) >= 11 is 1.57. The maximum atomic E-state index is 12.7. The number of ether oxygens (including phenoxy) is 2. The fourth-order valence-electron chi connectivity index (χ4n) is 3.22. The molecular weight excluding hydrogens is 388 g/mol. The molecule has 2 amide bonds. The highest BCUT2D eigenvalue weighted by Gasteiger charge is 2.35. The zero-order chi connectivity index (χ0) is 20.6. The molecule has 2 aliphatic heterocycles. The molecule has 0 unspecified atom stereocenters. The molecule has 0 bridgehead atoms. The third kappa shape index (κ3) is 4.05. The van der Waals surface area contributed by atoms with Gasteiger partial charge in [0.05, 0.1) is 5.75 Å². The van der Waals surface area contributed by atoms with Gasteiger partial charge in [0, 0.05) is 22.9 Å². The number of carbonyl (C=O) groups excluding carboxylic acids is 2. The van der Waals surface area contributed by atoms with Crippen LogP contribution in [-0.4, -0.2) is 30.8 Å². The van der Waals surface area contributed by atoms with Gasteiger partial charge in [0.15, 0.2) is 11.5 Å². The van der Waals surface area contributed by atoms with Crippen LogP contribution in [0.15, 0.2) is 42.5 Å². The van der Waals surface area contributed by atoms with Crippen LogP contribution < -0.4 is 19.7 Å². The molecule has 0 spiro atoms. The van der Waals surface area contributed by atoms with Crippen molar-refractivity contribution in [3.05, 3.63) is 48.0 Å². The predicted molar refractivity (Wildman–Crippen MR) is 115 cm³/mol. The summed E-state index contributed by atoms with van der Waals surface area (Å²) in [5.41, 5.74) is 1.98. The topological polar surface area (TPSA) is 67.9 Å². The summed E-state index contributed by atoms with van der Waals surface area (Å²) in [7, 11) is 0. The second kappa shape index (κ2) is 7.63. The summed E-state index contributed by atoms with van der Waals surface area (Å²) in [5.74, 6) is 1.75. The average molecular weight is 413 g/mol. The van der Waals surface area contributed by atoms with Crippen LogP contribution in [0.4, 0.5) is 11.4 Å². The highest BCUT2D eigenvalue weighted by atomic mass is 32.2. The molecule has 7 heteroatoms. The minimum atomic E-state index is -0.481. The molecule has 0 aromatic heterocycles. The van der Waals surface area contributed by atoms with Crippen LogP contribution in [0, 0.1) is 5.41 Å². The van der Waals surface area contributed by atoms with E-state index in [0.717, 1.165) is 16.9 Å². The Morgan fingerprint density at radius 1 is 1.10 bits per heavy atom. The largest absolute Gasteiger partial charge is 0.486 e. The van der Waals surface area contributed by atoms with E-state index in [1.807, 2.05) is 63.2 Å². The van der Waals surface area contributed by atoms with E-state index in [1.54, 1.807) is 16.7 Å². The Bertz CT molecular complexity index is 954. The average Bonchev–Trinajstić information content (AvgIpc) is 3.08. The Labute approximate surface area is 174 Å². The summed E-state index contributed by atoms with van der Waals surface area (Å²) in [6, 6.07) is 13.3. The highest BCUT2D eigenvalue weighted by Crippen LogP contribution is 2.44. The maximum absolute atomic E-state index is 12.7. The van der Waals surface area contributed by atoms with Crippen LogP contribution in [0.2, 0.25) is 0 Å². The van der Waals surface area contributed by atoms with E-state index in [1.165, 1.54) is 0 Å². The molecule has 2 aliphatic rings. The van der Waals surface area contributed by atoms with Gasteiger partial charge >= 0.3 is 0 Å². The SMILES string of the molecule is CC(C)(C)C(=O)Nc1cccc([C@H]2SCC(=O)N2c2ccc3c(c2)OCCO3)c1. The van der Waals surface area contributed by atoms with Crippen molar-refractivity contribution >= 4 is 35.0 Å². The van der Waals surface area contributed by atoms with E-state index < -0.39 is 5.41 Å². The lowest BCUT2D eigenvalue weighted by molar-refractivity contribution is -0.123. The molecule has 4 rings (SSSR count). The Morgan fingerprint density at radius 2 is 1.86 bits per heavy atom. The van der Waals surface area contributed by atoms with Gasteiger partial charge in [-0.1, -0.05) is 32.9 Å². The van der Waals surface area contributed by atoms with Crippen LogP contribution in [-0.2, 0) is 9.59 Å². The minimum Gasteiger partial charge on any atom is -0.486 e. The van der Waals surface area contributed by atoms with E-state index in [4.69, 9.17) is 9.47 Å². The second-order valence-corrected chi connectivity index (χ2v) is 9.15. The Hall–Kier alpha value is -2.67. The first kappa shape index (κ1) is 19.6. The molecule has 2 heterocycles. The Morgan fingerprint density at radius 3 is 2.62 bits per heavy atom. The number of carbonyl (C=O) groups is 2. The van der Waals surface area contributed by atoms with E-state index in [0.29, 0.717) is 30.5 Å². The number of rotatable bonds is 3. The number of nitrogens with one attached hydrogen (secondary N) is 1. The summed E-state index contributed by atoms with van der Waals surface area (Å²) in [4.78, 5) is 26.8. The van der Waals surface area contributed by atoms with Gasteiger partial charge in [-0.05, 0) is 29.8 Å². The Balaban J connectivity index is 1.62. The van der Waals surface area contributed by atoms with E-state index in [-0.39, 0.29) is 17.2 Å². The lowest BCUT2D eigenvalue weighted by Crippen LogP contribution is -2.29. The third-order valence-corrected chi connectivity index (χ3v) is 5.99.